The molecule has 0 atom stereocenters. The summed E-state index contributed by atoms with van der Waals surface area (Å²) in [7, 11) is -2.46. The smallest absolute Gasteiger partial charge is 0.251 e. The number of carbonyl (C=O) groups is 1. The first-order chi connectivity index (χ1) is 13.7. The van der Waals surface area contributed by atoms with Gasteiger partial charge in [-0.15, -0.1) is 0 Å². The molecule has 29 heavy (non-hydrogen) atoms. The van der Waals surface area contributed by atoms with Crippen molar-refractivity contribution in [1.29, 1.82) is 0 Å². The first-order valence-electron chi connectivity index (χ1n) is 9.10. The highest BCUT2D eigenvalue weighted by Gasteiger charge is 2.22. The number of rotatable bonds is 10. The summed E-state index contributed by atoms with van der Waals surface area (Å²) >= 11 is 0. The van der Waals surface area contributed by atoms with E-state index in [1.54, 1.807) is 13.8 Å². The van der Waals surface area contributed by atoms with Gasteiger partial charge in [-0.2, -0.15) is 0 Å². The molecule has 7 nitrogen and oxygen atoms in total. The first kappa shape index (κ1) is 22.6. The molecule has 0 heterocycles. The number of sulfonamides is 1. The number of hydrogen-bond acceptors (Lipinski definition) is 5. The minimum Gasteiger partial charge on any atom is -0.495 e. The number of benzene rings is 2. The number of carbonyl (C=O) groups excluding carboxylic acids is 1. The Hall–Kier alpha value is -2.65. The summed E-state index contributed by atoms with van der Waals surface area (Å²) < 4.78 is 50.9. The van der Waals surface area contributed by atoms with Crippen LogP contribution in [0.15, 0.2) is 47.4 Å². The standard InChI is InChI=1S/C20H25FN2O5S/c1-14(2)23-29(25,26)19-13-15(5-10-18(19)27-3)20(24)22-11-4-12-28-17-8-6-16(21)7-9-17/h5-10,13-14,23H,4,11-12H2,1-3H3,(H,22,24). The van der Waals surface area contributed by atoms with Crippen LogP contribution in [-0.4, -0.2) is 40.6 Å². The Morgan fingerprint density at radius 1 is 1.14 bits per heavy atom. The lowest BCUT2D eigenvalue weighted by Gasteiger charge is -2.14. The van der Waals surface area contributed by atoms with Crippen molar-refractivity contribution < 1.29 is 27.1 Å². The van der Waals surface area contributed by atoms with Gasteiger partial charge in [-0.25, -0.2) is 17.5 Å². The average molecular weight is 424 g/mol. The van der Waals surface area contributed by atoms with E-state index in [-0.39, 0.29) is 28.1 Å². The summed E-state index contributed by atoms with van der Waals surface area (Å²) in [5, 5.41) is 2.72. The Balaban J connectivity index is 1.94. The molecule has 0 aliphatic heterocycles. The highest BCUT2D eigenvalue weighted by Crippen LogP contribution is 2.25. The van der Waals surface area contributed by atoms with Crippen LogP contribution in [0.25, 0.3) is 0 Å². The normalized spacial score (nSPS) is 11.3. The Labute approximate surface area is 170 Å². The predicted molar refractivity (Wildman–Crippen MR) is 107 cm³/mol. The van der Waals surface area contributed by atoms with Crippen LogP contribution in [0.4, 0.5) is 4.39 Å². The van der Waals surface area contributed by atoms with Crippen molar-refractivity contribution in [1.82, 2.24) is 10.0 Å². The van der Waals surface area contributed by atoms with Crippen molar-refractivity contribution in [3.05, 3.63) is 53.8 Å². The largest absolute Gasteiger partial charge is 0.495 e. The molecule has 158 valence electrons. The summed E-state index contributed by atoms with van der Waals surface area (Å²) in [6, 6.07) is 9.59. The molecule has 2 aromatic rings. The minimum absolute atomic E-state index is 0.0963. The Bertz CT molecular complexity index is 930. The van der Waals surface area contributed by atoms with Crippen LogP contribution >= 0.6 is 0 Å². The van der Waals surface area contributed by atoms with Gasteiger partial charge in [0.25, 0.3) is 5.91 Å². The van der Waals surface area contributed by atoms with Crippen LogP contribution in [-0.2, 0) is 10.0 Å². The fraction of sp³-hybridized carbons (Fsp3) is 0.350. The van der Waals surface area contributed by atoms with Crippen LogP contribution < -0.4 is 19.5 Å². The SMILES string of the molecule is COc1ccc(C(=O)NCCCOc2ccc(F)cc2)cc1S(=O)(=O)NC(C)C. The summed E-state index contributed by atoms with van der Waals surface area (Å²) in [6.07, 6.45) is 0.527. The van der Waals surface area contributed by atoms with Crippen LogP contribution in [0.5, 0.6) is 11.5 Å². The van der Waals surface area contributed by atoms with Gasteiger partial charge in [0.05, 0.1) is 13.7 Å². The van der Waals surface area contributed by atoms with E-state index in [1.165, 1.54) is 49.6 Å². The van der Waals surface area contributed by atoms with Gasteiger partial charge in [0.2, 0.25) is 10.0 Å². The minimum atomic E-state index is -3.82. The molecular weight excluding hydrogens is 399 g/mol. The third-order valence-electron chi connectivity index (χ3n) is 3.80. The second-order valence-electron chi connectivity index (χ2n) is 6.55. The first-order valence-corrected chi connectivity index (χ1v) is 10.6. The Kier molecular flexibility index (Phi) is 7.98. The van der Waals surface area contributed by atoms with Crippen molar-refractivity contribution >= 4 is 15.9 Å². The quantitative estimate of drug-likeness (QED) is 0.572. The topological polar surface area (TPSA) is 93.7 Å². The van der Waals surface area contributed by atoms with E-state index in [4.69, 9.17) is 9.47 Å². The van der Waals surface area contributed by atoms with Gasteiger partial charge in [-0.1, -0.05) is 0 Å². The second-order valence-corrected chi connectivity index (χ2v) is 8.24. The molecule has 9 heteroatoms. The third kappa shape index (κ3) is 6.72. The molecular formula is C20H25FN2O5S. The molecule has 0 aromatic heterocycles. The molecule has 0 unspecified atom stereocenters. The van der Waals surface area contributed by atoms with Gasteiger partial charge in [0.15, 0.2) is 0 Å². The van der Waals surface area contributed by atoms with Gasteiger partial charge >= 0.3 is 0 Å². The van der Waals surface area contributed by atoms with Crippen molar-refractivity contribution in [3.63, 3.8) is 0 Å². The van der Waals surface area contributed by atoms with Crippen molar-refractivity contribution in [3.8, 4) is 11.5 Å². The second kappa shape index (κ2) is 10.2. The summed E-state index contributed by atoms with van der Waals surface area (Å²) in [5.41, 5.74) is 0.203. The molecule has 0 fully saturated rings. The molecule has 0 radical (unpaired) electrons. The van der Waals surface area contributed by atoms with E-state index in [2.05, 4.69) is 10.0 Å². The molecule has 0 spiro atoms. The maximum absolute atomic E-state index is 12.8. The zero-order chi connectivity index (χ0) is 21.4. The zero-order valence-electron chi connectivity index (χ0n) is 16.6. The van der Waals surface area contributed by atoms with Gasteiger partial charge < -0.3 is 14.8 Å². The lowest BCUT2D eigenvalue weighted by Crippen LogP contribution is -2.31. The van der Waals surface area contributed by atoms with Gasteiger partial charge in [0, 0.05) is 18.2 Å². The number of ether oxygens (including phenoxy) is 2. The predicted octanol–water partition coefficient (Wildman–Crippen LogP) is 2.72. The maximum Gasteiger partial charge on any atom is 0.251 e. The molecule has 1 amide bonds. The molecule has 0 saturated carbocycles. The molecule has 0 aliphatic carbocycles. The van der Waals surface area contributed by atoms with Crippen molar-refractivity contribution in [2.75, 3.05) is 20.3 Å². The lowest BCUT2D eigenvalue weighted by molar-refractivity contribution is 0.0951. The van der Waals surface area contributed by atoms with Crippen LogP contribution in [0.3, 0.4) is 0 Å². The van der Waals surface area contributed by atoms with Gasteiger partial charge in [-0.3, -0.25) is 4.79 Å². The Morgan fingerprint density at radius 3 is 2.45 bits per heavy atom. The van der Waals surface area contributed by atoms with Gasteiger partial charge in [0.1, 0.15) is 22.2 Å². The molecule has 2 aromatic carbocycles. The summed E-state index contributed by atoms with van der Waals surface area (Å²) in [5.74, 6) is -0.0488. The van der Waals surface area contributed by atoms with E-state index in [0.717, 1.165) is 0 Å². The molecule has 2 N–H and O–H groups in total. The Morgan fingerprint density at radius 2 is 1.83 bits per heavy atom. The van der Waals surface area contributed by atoms with Crippen molar-refractivity contribution in [2.45, 2.75) is 31.2 Å². The van der Waals surface area contributed by atoms with Crippen molar-refractivity contribution in [2.24, 2.45) is 0 Å². The van der Waals surface area contributed by atoms with E-state index in [0.29, 0.717) is 25.3 Å². The number of hydrogen-bond donors (Lipinski definition) is 2. The third-order valence-corrected chi connectivity index (χ3v) is 5.47. The van der Waals surface area contributed by atoms with Crippen LogP contribution in [0, 0.1) is 5.82 Å². The molecule has 0 aliphatic rings. The molecule has 2 rings (SSSR count). The van der Waals surface area contributed by atoms with E-state index >= 15 is 0 Å². The van der Waals surface area contributed by atoms with E-state index < -0.39 is 15.9 Å². The number of halogens is 1. The maximum atomic E-state index is 12.8. The number of methoxy groups -OCH3 is 1. The van der Waals surface area contributed by atoms with E-state index in [9.17, 15) is 17.6 Å². The fourth-order valence-electron chi connectivity index (χ4n) is 2.50. The monoisotopic (exact) mass is 424 g/mol. The van der Waals surface area contributed by atoms with Gasteiger partial charge in [-0.05, 0) is 62.7 Å². The summed E-state index contributed by atoms with van der Waals surface area (Å²) in [4.78, 5) is 12.3. The molecule has 0 bridgehead atoms. The van der Waals surface area contributed by atoms with Crippen LogP contribution in [0.1, 0.15) is 30.6 Å². The van der Waals surface area contributed by atoms with E-state index in [1.807, 2.05) is 0 Å². The summed E-state index contributed by atoms with van der Waals surface area (Å²) in [6.45, 7) is 4.08. The van der Waals surface area contributed by atoms with Crippen LogP contribution in [0.2, 0.25) is 0 Å². The lowest BCUT2D eigenvalue weighted by atomic mass is 10.2. The highest BCUT2D eigenvalue weighted by molar-refractivity contribution is 7.89. The molecule has 0 saturated heterocycles. The number of nitrogens with one attached hydrogen (secondary N) is 2. The zero-order valence-corrected chi connectivity index (χ0v) is 17.4. The number of amides is 1. The average Bonchev–Trinajstić information content (AvgIpc) is 2.67. The highest BCUT2D eigenvalue weighted by atomic mass is 32.2. The fourth-order valence-corrected chi connectivity index (χ4v) is 3.94.